The number of carboxylic acids is 1. The first-order valence-electron chi connectivity index (χ1n) is 8.71. The molecule has 7 heteroatoms. The summed E-state index contributed by atoms with van der Waals surface area (Å²) < 4.78 is 12.3. The monoisotopic (exact) mass is 435 g/mol. The van der Waals surface area contributed by atoms with Gasteiger partial charge in [-0.15, -0.1) is 0 Å². The van der Waals surface area contributed by atoms with Gasteiger partial charge in [0.05, 0.1) is 6.54 Å². The minimum Gasteiger partial charge on any atom is -0.488 e. The highest BCUT2D eigenvalue weighted by atomic mass is 79.9. The molecule has 144 valence electrons. The van der Waals surface area contributed by atoms with Crippen molar-refractivity contribution in [1.29, 1.82) is 0 Å². The zero-order valence-electron chi connectivity index (χ0n) is 15.4. The fraction of sp³-hybridized carbons (Fsp3) is 0.400. The molecule has 6 nitrogen and oxygen atoms in total. The minimum absolute atomic E-state index is 0.171. The fourth-order valence-electron chi connectivity index (χ4n) is 3.10. The molecule has 1 N–H and O–H groups in total. The van der Waals surface area contributed by atoms with Gasteiger partial charge in [-0.1, -0.05) is 28.1 Å². The number of carbonyl (C=O) groups excluding carboxylic acids is 1. The van der Waals surface area contributed by atoms with E-state index in [4.69, 9.17) is 9.47 Å². The van der Waals surface area contributed by atoms with Gasteiger partial charge in [0.2, 0.25) is 0 Å². The Balaban J connectivity index is 1.75. The molecule has 1 aliphatic heterocycles. The fourth-order valence-corrected chi connectivity index (χ4v) is 3.48. The van der Waals surface area contributed by atoms with Gasteiger partial charge in [0, 0.05) is 10.9 Å². The summed E-state index contributed by atoms with van der Waals surface area (Å²) in [6.45, 7) is 5.42. The van der Waals surface area contributed by atoms with E-state index in [0.717, 1.165) is 15.2 Å². The van der Waals surface area contributed by atoms with Crippen molar-refractivity contribution in [3.8, 4) is 5.75 Å². The lowest BCUT2D eigenvalue weighted by molar-refractivity contribution is -0.142. The molecule has 1 heterocycles. The molecule has 0 radical (unpaired) electrons. The number of aliphatic carboxylic acids is 1. The maximum Gasteiger partial charge on any atom is 0.411 e. The number of hydrogen-bond donors (Lipinski definition) is 1. The summed E-state index contributed by atoms with van der Waals surface area (Å²) in [5.41, 5.74) is -0.689. The number of benzene rings is 2. The van der Waals surface area contributed by atoms with Crippen LogP contribution in [0.2, 0.25) is 0 Å². The number of nitrogens with zero attached hydrogens (tertiary/aromatic N) is 1. The summed E-state index contributed by atoms with van der Waals surface area (Å²) >= 11 is 3.45. The van der Waals surface area contributed by atoms with Crippen LogP contribution in [0.25, 0.3) is 10.8 Å². The molecular weight excluding hydrogens is 414 g/mol. The summed E-state index contributed by atoms with van der Waals surface area (Å²) in [5, 5.41) is 11.6. The summed E-state index contributed by atoms with van der Waals surface area (Å²) in [7, 11) is 0. The van der Waals surface area contributed by atoms with Crippen LogP contribution in [0.1, 0.15) is 27.2 Å². The van der Waals surface area contributed by atoms with Crippen LogP contribution < -0.4 is 4.74 Å². The SMILES string of the molecule is CC(C)(C)OC(=O)N1CC(Oc2ccc3cc(Br)ccc3c2)CC1C(=O)O. The van der Waals surface area contributed by atoms with Crippen molar-refractivity contribution in [2.24, 2.45) is 0 Å². The van der Waals surface area contributed by atoms with Crippen LogP contribution in [0, 0.1) is 0 Å². The molecule has 2 unspecified atom stereocenters. The molecule has 2 aromatic rings. The second kappa shape index (κ2) is 7.38. The minimum atomic E-state index is -1.06. The third kappa shape index (κ3) is 4.71. The van der Waals surface area contributed by atoms with Crippen molar-refractivity contribution in [3.63, 3.8) is 0 Å². The number of carboxylic acid groups (broad SMARTS) is 1. The normalized spacial score (nSPS) is 19.9. The van der Waals surface area contributed by atoms with E-state index in [-0.39, 0.29) is 13.0 Å². The Morgan fingerprint density at radius 1 is 1.15 bits per heavy atom. The third-order valence-corrected chi connectivity index (χ3v) is 4.75. The maximum atomic E-state index is 12.4. The zero-order valence-corrected chi connectivity index (χ0v) is 17.0. The lowest BCUT2D eigenvalue weighted by Gasteiger charge is -2.26. The summed E-state index contributed by atoms with van der Waals surface area (Å²) in [6, 6.07) is 10.7. The van der Waals surface area contributed by atoms with E-state index in [0.29, 0.717) is 5.75 Å². The van der Waals surface area contributed by atoms with E-state index in [9.17, 15) is 14.7 Å². The molecule has 0 aliphatic carbocycles. The Morgan fingerprint density at radius 2 is 1.81 bits per heavy atom. The van der Waals surface area contributed by atoms with Gasteiger partial charge in [-0.2, -0.15) is 0 Å². The number of hydrogen-bond acceptors (Lipinski definition) is 4. The molecule has 2 aromatic carbocycles. The standard InChI is InChI=1S/C20H22BrNO5/c1-20(2,3)27-19(25)22-11-16(10-17(22)18(23)24)26-15-7-5-12-8-14(21)6-4-13(12)9-15/h4-9,16-17H,10-11H2,1-3H3,(H,23,24). The second-order valence-corrected chi connectivity index (χ2v) is 8.53. The van der Waals surface area contributed by atoms with Gasteiger partial charge in [-0.25, -0.2) is 9.59 Å². The molecule has 2 atom stereocenters. The number of amides is 1. The average Bonchev–Trinajstić information content (AvgIpc) is 2.98. The Morgan fingerprint density at radius 3 is 2.48 bits per heavy atom. The van der Waals surface area contributed by atoms with Gasteiger partial charge >= 0.3 is 12.1 Å². The summed E-state index contributed by atoms with van der Waals surface area (Å²) in [4.78, 5) is 25.2. The molecule has 1 saturated heterocycles. The molecule has 0 saturated carbocycles. The highest BCUT2D eigenvalue weighted by Gasteiger charge is 2.42. The smallest absolute Gasteiger partial charge is 0.411 e. The van der Waals surface area contributed by atoms with Crippen molar-refractivity contribution in [1.82, 2.24) is 4.90 Å². The first-order chi connectivity index (χ1) is 12.6. The highest BCUT2D eigenvalue weighted by Crippen LogP contribution is 2.28. The van der Waals surface area contributed by atoms with E-state index >= 15 is 0 Å². The van der Waals surface area contributed by atoms with E-state index in [1.807, 2.05) is 36.4 Å². The van der Waals surface area contributed by atoms with Crippen molar-refractivity contribution in [2.75, 3.05) is 6.54 Å². The predicted octanol–water partition coefficient (Wildman–Crippen LogP) is 4.44. The highest BCUT2D eigenvalue weighted by molar-refractivity contribution is 9.10. The molecule has 1 amide bonds. The maximum absolute atomic E-state index is 12.4. The van der Waals surface area contributed by atoms with E-state index in [2.05, 4.69) is 15.9 Å². The molecular formula is C20H22BrNO5. The molecule has 3 rings (SSSR count). The quantitative estimate of drug-likeness (QED) is 0.770. The van der Waals surface area contributed by atoms with E-state index in [1.165, 1.54) is 4.90 Å². The zero-order chi connectivity index (χ0) is 19.8. The van der Waals surface area contributed by atoms with Gasteiger partial charge in [-0.05, 0) is 55.8 Å². The number of ether oxygens (including phenoxy) is 2. The second-order valence-electron chi connectivity index (χ2n) is 7.62. The Hall–Kier alpha value is -2.28. The number of fused-ring (bicyclic) bond motifs is 1. The molecule has 0 aromatic heterocycles. The number of carbonyl (C=O) groups is 2. The Labute approximate surface area is 166 Å². The molecule has 27 heavy (non-hydrogen) atoms. The van der Waals surface area contributed by atoms with Crippen molar-refractivity contribution < 1.29 is 24.2 Å². The van der Waals surface area contributed by atoms with Gasteiger partial charge in [0.25, 0.3) is 0 Å². The summed E-state index contributed by atoms with van der Waals surface area (Å²) in [6.07, 6.45) is -0.830. The number of rotatable bonds is 3. The van der Waals surface area contributed by atoms with E-state index in [1.54, 1.807) is 20.8 Å². The Bertz CT molecular complexity index is 876. The predicted molar refractivity (Wildman–Crippen MR) is 105 cm³/mol. The largest absolute Gasteiger partial charge is 0.488 e. The molecule has 0 spiro atoms. The lowest BCUT2D eigenvalue weighted by Crippen LogP contribution is -2.43. The number of halogens is 1. The summed E-state index contributed by atoms with van der Waals surface area (Å²) in [5.74, 6) is -0.416. The molecule has 1 aliphatic rings. The molecule has 1 fully saturated rings. The van der Waals surface area contributed by atoms with Crippen LogP contribution in [0.4, 0.5) is 4.79 Å². The van der Waals surface area contributed by atoms with Crippen LogP contribution in [0.5, 0.6) is 5.75 Å². The topological polar surface area (TPSA) is 76.1 Å². The van der Waals surface area contributed by atoms with Crippen LogP contribution in [0.15, 0.2) is 40.9 Å². The van der Waals surface area contributed by atoms with Gasteiger partial charge < -0.3 is 14.6 Å². The van der Waals surface area contributed by atoms with Crippen LogP contribution >= 0.6 is 15.9 Å². The lowest BCUT2D eigenvalue weighted by atomic mass is 10.1. The van der Waals surface area contributed by atoms with Crippen LogP contribution in [0.3, 0.4) is 0 Å². The van der Waals surface area contributed by atoms with Gasteiger partial charge in [0.1, 0.15) is 23.5 Å². The van der Waals surface area contributed by atoms with Gasteiger partial charge in [0.15, 0.2) is 0 Å². The van der Waals surface area contributed by atoms with Crippen molar-refractivity contribution in [3.05, 3.63) is 40.9 Å². The van der Waals surface area contributed by atoms with Crippen LogP contribution in [-0.4, -0.2) is 46.4 Å². The third-order valence-electron chi connectivity index (χ3n) is 4.25. The van der Waals surface area contributed by atoms with E-state index < -0.39 is 29.8 Å². The van der Waals surface area contributed by atoms with Crippen molar-refractivity contribution >= 4 is 38.8 Å². The van der Waals surface area contributed by atoms with Crippen LogP contribution in [-0.2, 0) is 9.53 Å². The number of likely N-dealkylation sites (tertiary alicyclic amines) is 1. The van der Waals surface area contributed by atoms with Crippen molar-refractivity contribution in [2.45, 2.75) is 44.9 Å². The first-order valence-corrected chi connectivity index (χ1v) is 9.50. The Kier molecular flexibility index (Phi) is 5.33. The first kappa shape index (κ1) is 19.5. The average molecular weight is 436 g/mol. The molecule has 0 bridgehead atoms. The van der Waals surface area contributed by atoms with Gasteiger partial charge in [-0.3, -0.25) is 4.90 Å².